The molecular weight excluding hydrogens is 412 g/mol. The lowest BCUT2D eigenvalue weighted by atomic mass is 10.1. The van der Waals surface area contributed by atoms with Gasteiger partial charge in [0.15, 0.2) is 12.4 Å². The van der Waals surface area contributed by atoms with Gasteiger partial charge in [0.1, 0.15) is 17.4 Å². The van der Waals surface area contributed by atoms with E-state index >= 15 is 0 Å². The Morgan fingerprint density at radius 3 is 2.48 bits per heavy atom. The van der Waals surface area contributed by atoms with Gasteiger partial charge in [0.25, 0.3) is 0 Å². The highest BCUT2D eigenvalue weighted by atomic mass is 35.5. The Morgan fingerprint density at radius 2 is 1.74 bits per heavy atom. The number of aromatic nitrogens is 2. The number of hydrogen-bond donors (Lipinski definition) is 2. The zero-order chi connectivity index (χ0) is 20.3. The van der Waals surface area contributed by atoms with Crippen molar-refractivity contribution in [2.45, 2.75) is 0 Å². The van der Waals surface area contributed by atoms with Gasteiger partial charge in [-0.15, -0.1) is 12.4 Å². The van der Waals surface area contributed by atoms with E-state index < -0.39 is 0 Å². The molecule has 0 radical (unpaired) electrons. The molecule has 1 aromatic heterocycles. The molecule has 4 aromatic rings. The Labute approximate surface area is 185 Å². The molecule has 0 aliphatic carbocycles. The van der Waals surface area contributed by atoms with Crippen molar-refractivity contribution in [3.8, 4) is 17.1 Å². The third-order valence-electron chi connectivity index (χ3n) is 5.02. The van der Waals surface area contributed by atoms with E-state index in [2.05, 4.69) is 26.3 Å². The van der Waals surface area contributed by atoms with Crippen molar-refractivity contribution in [2.24, 2.45) is 4.99 Å². The molecule has 6 nitrogen and oxygen atoms in total. The molecule has 0 fully saturated rings. The number of fused-ring (bicyclic) bond motifs is 1. The van der Waals surface area contributed by atoms with Crippen molar-refractivity contribution in [3.63, 3.8) is 0 Å². The minimum Gasteiger partial charge on any atom is -0.485 e. The predicted octanol–water partition coefficient (Wildman–Crippen LogP) is 4.26. The first-order chi connectivity index (χ1) is 14.8. The molecule has 0 bridgehead atoms. The number of nitrogens with zero attached hydrogens (tertiary/aromatic N) is 2. The van der Waals surface area contributed by atoms with Crippen molar-refractivity contribution in [1.29, 1.82) is 0 Å². The van der Waals surface area contributed by atoms with Gasteiger partial charge in [-0.2, -0.15) is 0 Å². The lowest BCUT2D eigenvalue weighted by molar-refractivity contribution is 0.0921. The number of carbonyl (C=O) groups is 1. The highest BCUT2D eigenvalue weighted by molar-refractivity contribution is 6.02. The van der Waals surface area contributed by atoms with Gasteiger partial charge in [-0.1, -0.05) is 30.3 Å². The van der Waals surface area contributed by atoms with Crippen LogP contribution in [0.2, 0.25) is 0 Å². The van der Waals surface area contributed by atoms with E-state index in [-0.39, 0.29) is 24.8 Å². The molecule has 5 rings (SSSR count). The Hall–Kier alpha value is -3.64. The quantitative estimate of drug-likeness (QED) is 0.446. The number of hydrogen-bond acceptors (Lipinski definition) is 5. The first-order valence-electron chi connectivity index (χ1n) is 9.86. The number of Topliss-reactive ketones (excluding diaryl/α,β-unsaturated/α-hetero) is 1. The molecule has 3 aromatic carbocycles. The van der Waals surface area contributed by atoms with Gasteiger partial charge < -0.3 is 15.0 Å². The van der Waals surface area contributed by atoms with Crippen LogP contribution >= 0.6 is 12.4 Å². The normalized spacial score (nSPS) is 12.7. The number of nitrogens with one attached hydrogen (secondary N) is 2. The number of imidazole rings is 1. The Morgan fingerprint density at radius 1 is 0.968 bits per heavy atom. The van der Waals surface area contributed by atoms with Gasteiger partial charge in [0, 0.05) is 23.2 Å². The number of ketones is 1. The average Bonchev–Trinajstić information content (AvgIpc) is 3.48. The molecule has 0 saturated carbocycles. The first kappa shape index (κ1) is 20.6. The lowest BCUT2D eigenvalue weighted by Gasteiger charge is -2.06. The summed E-state index contributed by atoms with van der Waals surface area (Å²) in [6.07, 6.45) is 0. The van der Waals surface area contributed by atoms with Crippen LogP contribution in [-0.4, -0.2) is 41.3 Å². The minimum absolute atomic E-state index is 0. The summed E-state index contributed by atoms with van der Waals surface area (Å²) in [5.74, 6) is 2.32. The number of halogens is 1. The van der Waals surface area contributed by atoms with Crippen molar-refractivity contribution in [3.05, 3.63) is 83.9 Å². The SMILES string of the molecule is Cl.O=C(COc1ccc(-c2nc3ccc(C4=NCCN4)cc3[nH]2)cc1)c1ccccc1. The summed E-state index contributed by atoms with van der Waals surface area (Å²) in [4.78, 5) is 24.7. The number of H-pyrrole nitrogens is 1. The van der Waals surface area contributed by atoms with E-state index in [1.165, 1.54) is 0 Å². The molecule has 0 saturated heterocycles. The number of aromatic amines is 1. The molecule has 0 spiro atoms. The fourth-order valence-electron chi connectivity index (χ4n) is 3.45. The van der Waals surface area contributed by atoms with Crippen LogP contribution in [0.4, 0.5) is 0 Å². The topological polar surface area (TPSA) is 79.4 Å². The van der Waals surface area contributed by atoms with Crippen molar-refractivity contribution >= 4 is 35.1 Å². The summed E-state index contributed by atoms with van der Waals surface area (Å²) in [5, 5.41) is 3.29. The third-order valence-corrected chi connectivity index (χ3v) is 5.02. The number of ether oxygens (including phenoxy) is 1. The second kappa shape index (κ2) is 9.02. The Bertz CT molecular complexity index is 1230. The monoisotopic (exact) mass is 432 g/mol. The zero-order valence-electron chi connectivity index (χ0n) is 16.7. The van der Waals surface area contributed by atoms with Crippen LogP contribution in [0.3, 0.4) is 0 Å². The van der Waals surface area contributed by atoms with Gasteiger partial charge >= 0.3 is 0 Å². The van der Waals surface area contributed by atoms with E-state index in [9.17, 15) is 4.79 Å². The van der Waals surface area contributed by atoms with E-state index in [1.54, 1.807) is 12.1 Å². The summed E-state index contributed by atoms with van der Waals surface area (Å²) in [7, 11) is 0. The molecule has 0 atom stereocenters. The van der Waals surface area contributed by atoms with E-state index in [4.69, 9.17) is 4.74 Å². The van der Waals surface area contributed by atoms with Crippen LogP contribution in [0.15, 0.2) is 77.8 Å². The molecule has 0 amide bonds. The van der Waals surface area contributed by atoms with Gasteiger partial charge in [-0.3, -0.25) is 9.79 Å². The second-order valence-electron chi connectivity index (χ2n) is 7.08. The summed E-state index contributed by atoms with van der Waals surface area (Å²) in [6.45, 7) is 1.70. The summed E-state index contributed by atoms with van der Waals surface area (Å²) >= 11 is 0. The molecule has 156 valence electrons. The third kappa shape index (κ3) is 4.44. The summed E-state index contributed by atoms with van der Waals surface area (Å²) in [6, 6.07) is 22.8. The molecule has 2 heterocycles. The number of aliphatic imine (C=N–C) groups is 1. The minimum atomic E-state index is -0.0471. The van der Waals surface area contributed by atoms with Crippen LogP contribution in [-0.2, 0) is 0 Å². The fraction of sp³-hybridized carbons (Fsp3) is 0.125. The number of carbonyl (C=O) groups excluding carboxylic acids is 1. The van der Waals surface area contributed by atoms with Crippen LogP contribution in [0.1, 0.15) is 15.9 Å². The Balaban J connectivity index is 0.00000231. The zero-order valence-corrected chi connectivity index (χ0v) is 17.5. The van der Waals surface area contributed by atoms with Crippen molar-refractivity contribution in [2.75, 3.05) is 19.7 Å². The number of amidine groups is 1. The molecule has 7 heteroatoms. The largest absolute Gasteiger partial charge is 0.485 e. The highest BCUT2D eigenvalue weighted by Crippen LogP contribution is 2.24. The molecule has 0 unspecified atom stereocenters. The molecular formula is C24H21ClN4O2. The van der Waals surface area contributed by atoms with Crippen LogP contribution in [0.25, 0.3) is 22.4 Å². The maximum absolute atomic E-state index is 12.2. The Kier molecular flexibility index (Phi) is 6.00. The highest BCUT2D eigenvalue weighted by Gasteiger charge is 2.11. The van der Waals surface area contributed by atoms with Gasteiger partial charge in [-0.05, 0) is 42.5 Å². The molecule has 31 heavy (non-hydrogen) atoms. The standard InChI is InChI=1S/C24H20N4O2.ClH/c29-22(16-4-2-1-3-5-16)15-30-19-9-6-17(7-10-19)24-27-20-11-8-18(14-21(20)28-24)23-25-12-13-26-23;/h1-11,14H,12-13,15H2,(H,25,26)(H,27,28);1H. The first-order valence-corrected chi connectivity index (χ1v) is 9.86. The van der Waals surface area contributed by atoms with E-state index in [1.807, 2.05) is 54.6 Å². The van der Waals surface area contributed by atoms with E-state index in [0.29, 0.717) is 11.3 Å². The summed E-state index contributed by atoms with van der Waals surface area (Å²) < 4.78 is 5.64. The molecule has 2 N–H and O–H groups in total. The summed E-state index contributed by atoms with van der Waals surface area (Å²) in [5.41, 5.74) is 4.52. The fourth-order valence-corrected chi connectivity index (χ4v) is 3.45. The predicted molar refractivity (Wildman–Crippen MR) is 124 cm³/mol. The van der Waals surface area contributed by atoms with Gasteiger partial charge in [0.05, 0.1) is 17.6 Å². The van der Waals surface area contributed by atoms with E-state index in [0.717, 1.165) is 46.9 Å². The molecule has 1 aliphatic rings. The second-order valence-corrected chi connectivity index (χ2v) is 7.08. The average molecular weight is 433 g/mol. The smallest absolute Gasteiger partial charge is 0.200 e. The van der Waals surface area contributed by atoms with Crippen LogP contribution in [0, 0.1) is 0 Å². The maximum atomic E-state index is 12.2. The van der Waals surface area contributed by atoms with Crippen LogP contribution in [0.5, 0.6) is 5.75 Å². The van der Waals surface area contributed by atoms with Crippen molar-refractivity contribution in [1.82, 2.24) is 15.3 Å². The van der Waals surface area contributed by atoms with Crippen LogP contribution < -0.4 is 10.1 Å². The van der Waals surface area contributed by atoms with Gasteiger partial charge in [-0.25, -0.2) is 4.98 Å². The maximum Gasteiger partial charge on any atom is 0.200 e. The number of rotatable bonds is 6. The lowest BCUT2D eigenvalue weighted by Crippen LogP contribution is -2.19. The molecule has 1 aliphatic heterocycles. The van der Waals surface area contributed by atoms with Crippen molar-refractivity contribution < 1.29 is 9.53 Å². The van der Waals surface area contributed by atoms with Gasteiger partial charge in [0.2, 0.25) is 0 Å². The number of benzene rings is 3.